The van der Waals surface area contributed by atoms with E-state index in [-0.39, 0.29) is 0 Å². The summed E-state index contributed by atoms with van der Waals surface area (Å²) in [4.78, 5) is 21.8. The van der Waals surface area contributed by atoms with E-state index in [1.165, 1.54) is 13.8 Å². The van der Waals surface area contributed by atoms with Crippen LogP contribution in [0.4, 0.5) is 0 Å². The molecule has 0 radical (unpaired) electrons. The number of hydrogen-bond donors (Lipinski definition) is 3. The van der Waals surface area contributed by atoms with Gasteiger partial charge in [0.05, 0.1) is 14.5 Å². The van der Waals surface area contributed by atoms with Crippen molar-refractivity contribution in [3.63, 3.8) is 0 Å². The molecule has 0 amide bonds. The highest BCUT2D eigenvalue weighted by molar-refractivity contribution is 7.89. The Morgan fingerprint density at radius 3 is 1.85 bits per heavy atom. The number of rotatable bonds is 5. The maximum atomic E-state index is 10.9. The first kappa shape index (κ1) is 12.7. The van der Waals surface area contributed by atoms with E-state index in [9.17, 15) is 14.7 Å². The Bertz CT molecular complexity index is 191. The second-order valence-electron chi connectivity index (χ2n) is 2.57. The third-order valence-electron chi connectivity index (χ3n) is 1.47. The molecule has 3 N–H and O–H groups in total. The molecule has 0 aromatic heterocycles. The first-order chi connectivity index (χ1) is 5.91. The second kappa shape index (κ2) is 5.40. The molecule has 0 saturated heterocycles. The van der Waals surface area contributed by atoms with Crippen LogP contribution < -0.4 is 0 Å². The van der Waals surface area contributed by atoms with Crippen molar-refractivity contribution >= 4 is 19.0 Å². The molecule has 0 saturated carbocycles. The molecule has 0 rings (SSSR count). The Kier molecular flexibility index (Phi) is 5.25. The minimum atomic E-state index is -1.92. The normalized spacial score (nSPS) is 15.5. The standard InChI is InChI=1S/C7H13O5P/c1-4(9)13(5(2)10)7(12)6(11)3-8/h6-8,11-12H,3H2,1-2H3. The number of carbonyl (C=O) groups is 2. The molecule has 0 aromatic rings. The Morgan fingerprint density at radius 1 is 1.23 bits per heavy atom. The van der Waals surface area contributed by atoms with E-state index in [4.69, 9.17) is 10.2 Å². The van der Waals surface area contributed by atoms with Crippen molar-refractivity contribution in [2.24, 2.45) is 0 Å². The lowest BCUT2D eigenvalue weighted by atomic mass is 10.4. The highest BCUT2D eigenvalue weighted by atomic mass is 31.1. The lowest BCUT2D eigenvalue weighted by Gasteiger charge is -2.21. The van der Waals surface area contributed by atoms with Gasteiger partial charge in [-0.1, -0.05) is 0 Å². The van der Waals surface area contributed by atoms with Crippen LogP contribution in [-0.2, 0) is 9.59 Å². The quantitative estimate of drug-likeness (QED) is 0.516. The lowest BCUT2D eigenvalue weighted by molar-refractivity contribution is -0.113. The topological polar surface area (TPSA) is 94.8 Å². The zero-order valence-electron chi connectivity index (χ0n) is 7.47. The van der Waals surface area contributed by atoms with Crippen LogP contribution in [0.1, 0.15) is 13.8 Å². The number of aliphatic hydroxyl groups excluding tert-OH is 3. The van der Waals surface area contributed by atoms with Crippen molar-refractivity contribution < 1.29 is 24.9 Å². The van der Waals surface area contributed by atoms with Gasteiger partial charge < -0.3 is 15.3 Å². The highest BCUT2D eigenvalue weighted by Crippen LogP contribution is 2.42. The van der Waals surface area contributed by atoms with Crippen LogP contribution in [0.2, 0.25) is 0 Å². The summed E-state index contributed by atoms with van der Waals surface area (Å²) >= 11 is 0. The van der Waals surface area contributed by atoms with Crippen molar-refractivity contribution in [2.75, 3.05) is 6.61 Å². The molecule has 76 valence electrons. The summed E-state index contributed by atoms with van der Waals surface area (Å²) in [5, 5.41) is 26.8. The maximum Gasteiger partial charge on any atom is 0.161 e. The van der Waals surface area contributed by atoms with Gasteiger partial charge in [0.2, 0.25) is 0 Å². The summed E-state index contributed by atoms with van der Waals surface area (Å²) in [5.74, 6) is -1.46. The van der Waals surface area contributed by atoms with Gasteiger partial charge in [0, 0.05) is 0 Å². The van der Waals surface area contributed by atoms with Crippen molar-refractivity contribution in [1.82, 2.24) is 0 Å². The van der Waals surface area contributed by atoms with Crippen molar-refractivity contribution in [3.8, 4) is 0 Å². The minimum absolute atomic E-state index is 0.456. The third-order valence-corrected chi connectivity index (χ3v) is 3.70. The molecule has 5 nitrogen and oxygen atoms in total. The summed E-state index contributed by atoms with van der Waals surface area (Å²) in [6.07, 6.45) is -1.43. The highest BCUT2D eigenvalue weighted by Gasteiger charge is 2.32. The SMILES string of the molecule is CC(=O)P(C(C)=O)C(O)C(O)CO. The Balaban J connectivity index is 4.55. The van der Waals surface area contributed by atoms with Crippen LogP contribution in [0.25, 0.3) is 0 Å². The van der Waals surface area contributed by atoms with Crippen LogP contribution in [0.3, 0.4) is 0 Å². The van der Waals surface area contributed by atoms with Crippen molar-refractivity contribution in [1.29, 1.82) is 0 Å². The average molecular weight is 208 g/mol. The molecule has 13 heavy (non-hydrogen) atoms. The lowest BCUT2D eigenvalue weighted by Crippen LogP contribution is -2.30. The summed E-state index contributed by atoms with van der Waals surface area (Å²) in [7, 11) is -1.92. The van der Waals surface area contributed by atoms with Gasteiger partial charge >= 0.3 is 0 Å². The Morgan fingerprint density at radius 2 is 1.62 bits per heavy atom. The second-order valence-corrected chi connectivity index (χ2v) is 5.10. The van der Waals surface area contributed by atoms with Gasteiger partial charge in [-0.25, -0.2) is 0 Å². The molecule has 0 bridgehead atoms. The number of carbonyl (C=O) groups excluding carboxylic acids is 2. The van der Waals surface area contributed by atoms with E-state index in [2.05, 4.69) is 0 Å². The van der Waals surface area contributed by atoms with Gasteiger partial charge in [-0.05, 0) is 13.8 Å². The maximum absolute atomic E-state index is 10.9. The summed E-state index contributed by atoms with van der Waals surface area (Å²) in [6, 6.07) is 0. The first-order valence-electron chi connectivity index (χ1n) is 3.69. The van der Waals surface area contributed by atoms with Crippen LogP contribution in [-0.4, -0.2) is 44.9 Å². The molecule has 0 heterocycles. The Labute approximate surface area is 77.1 Å². The summed E-state index contributed by atoms with van der Waals surface area (Å²) in [6.45, 7) is 1.70. The van der Waals surface area contributed by atoms with Gasteiger partial charge in [-0.2, -0.15) is 0 Å². The predicted octanol–water partition coefficient (Wildman–Crippen LogP) is -0.767. The first-order valence-corrected chi connectivity index (χ1v) is 5.10. The summed E-state index contributed by atoms with van der Waals surface area (Å²) in [5.41, 5.74) is -0.912. The fraction of sp³-hybridized carbons (Fsp3) is 0.714. The predicted molar refractivity (Wildman–Crippen MR) is 47.4 cm³/mol. The molecule has 2 unspecified atom stereocenters. The smallest absolute Gasteiger partial charge is 0.161 e. The van der Waals surface area contributed by atoms with Crippen molar-refractivity contribution in [3.05, 3.63) is 0 Å². The molecule has 0 fully saturated rings. The molecular weight excluding hydrogens is 195 g/mol. The zero-order chi connectivity index (χ0) is 10.6. The average Bonchev–Trinajstić information content (AvgIpc) is 2.01. The Hall–Kier alpha value is -0.350. The van der Waals surface area contributed by atoms with Crippen LogP contribution in [0.5, 0.6) is 0 Å². The summed E-state index contributed by atoms with van der Waals surface area (Å²) < 4.78 is 0. The van der Waals surface area contributed by atoms with E-state index < -0.39 is 37.5 Å². The largest absolute Gasteiger partial charge is 0.394 e. The molecule has 0 aromatic carbocycles. The van der Waals surface area contributed by atoms with Gasteiger partial charge in [0.1, 0.15) is 11.9 Å². The van der Waals surface area contributed by atoms with E-state index in [1.54, 1.807) is 0 Å². The number of aliphatic hydroxyl groups is 3. The molecule has 0 spiro atoms. The van der Waals surface area contributed by atoms with E-state index in [0.29, 0.717) is 0 Å². The monoisotopic (exact) mass is 208 g/mol. The minimum Gasteiger partial charge on any atom is -0.394 e. The molecule has 0 aliphatic rings. The molecule has 6 heteroatoms. The van der Waals surface area contributed by atoms with Gasteiger partial charge in [-0.3, -0.25) is 9.59 Å². The van der Waals surface area contributed by atoms with E-state index in [1.807, 2.05) is 0 Å². The molecule has 0 aliphatic carbocycles. The van der Waals surface area contributed by atoms with Crippen LogP contribution in [0, 0.1) is 0 Å². The fourth-order valence-electron chi connectivity index (χ4n) is 0.861. The van der Waals surface area contributed by atoms with Crippen LogP contribution in [0.15, 0.2) is 0 Å². The number of hydrogen-bond acceptors (Lipinski definition) is 5. The van der Waals surface area contributed by atoms with Gasteiger partial charge in [0.15, 0.2) is 11.0 Å². The van der Waals surface area contributed by atoms with Crippen molar-refractivity contribution in [2.45, 2.75) is 25.8 Å². The molecule has 0 aliphatic heterocycles. The molecular formula is C7H13O5P. The zero-order valence-corrected chi connectivity index (χ0v) is 8.36. The molecule has 2 atom stereocenters. The third kappa shape index (κ3) is 3.48. The fourth-order valence-corrected chi connectivity index (χ4v) is 2.49. The van der Waals surface area contributed by atoms with Crippen LogP contribution >= 0.6 is 7.92 Å². The van der Waals surface area contributed by atoms with E-state index in [0.717, 1.165) is 0 Å². The van der Waals surface area contributed by atoms with Gasteiger partial charge in [0.25, 0.3) is 0 Å². The van der Waals surface area contributed by atoms with E-state index >= 15 is 0 Å². The van der Waals surface area contributed by atoms with Gasteiger partial charge in [-0.15, -0.1) is 0 Å².